The normalized spacial score (nSPS) is 15.5. The van der Waals surface area contributed by atoms with Crippen molar-refractivity contribution < 1.29 is 22.6 Å². The van der Waals surface area contributed by atoms with E-state index in [1.54, 1.807) is 12.3 Å². The van der Waals surface area contributed by atoms with Gasteiger partial charge in [0.25, 0.3) is 0 Å². The third-order valence-corrected chi connectivity index (χ3v) is 5.38. The number of halogens is 3. The number of nitrogens with one attached hydrogen (secondary N) is 4. The van der Waals surface area contributed by atoms with Crippen LogP contribution in [-0.4, -0.2) is 90.0 Å². The smallest absolute Gasteiger partial charge is 0.378 e. The highest BCUT2D eigenvalue weighted by Crippen LogP contribution is 2.30. The Morgan fingerprint density at radius 3 is 2.71 bits per heavy atom. The van der Waals surface area contributed by atoms with Crippen LogP contribution in [0.4, 0.5) is 36.4 Å². The third-order valence-electron chi connectivity index (χ3n) is 5.38. The molecule has 14 heteroatoms. The number of hydrogen-bond donors (Lipinski definition) is 4. The van der Waals surface area contributed by atoms with E-state index in [2.05, 4.69) is 39.8 Å². The molecule has 4 N–H and O–H groups in total. The number of rotatable bonds is 13. The number of aromatic nitrogens is 4. The lowest BCUT2D eigenvalue weighted by Crippen LogP contribution is -2.57. The Kier molecular flexibility index (Phi) is 10.2. The van der Waals surface area contributed by atoms with Crippen LogP contribution < -0.4 is 20.9 Å². The molecule has 1 aliphatic heterocycles. The minimum atomic E-state index is -4.41. The fraction of sp³-hybridized carbons (Fsp3) is 0.625. The van der Waals surface area contributed by atoms with E-state index in [9.17, 15) is 13.2 Å². The Morgan fingerprint density at radius 2 is 2.05 bits per heavy atom. The van der Waals surface area contributed by atoms with E-state index in [1.165, 1.54) is 6.33 Å². The number of ether oxygens (including phenoxy) is 2. The first-order chi connectivity index (χ1) is 17.9. The molecule has 0 bridgehead atoms. The minimum absolute atomic E-state index is 0.00782. The maximum atomic E-state index is 12.5. The summed E-state index contributed by atoms with van der Waals surface area (Å²) in [7, 11) is 0. The number of alkyl halides is 3. The number of hydrogen-bond acceptors (Lipinski definition) is 11. The quantitative estimate of drug-likeness (QED) is 0.222. The molecule has 0 spiro atoms. The lowest BCUT2D eigenvalue weighted by atomic mass is 10.0. The number of nitrogens with zero attached hydrogens (tertiary/aromatic N) is 5. The van der Waals surface area contributed by atoms with Gasteiger partial charge in [-0.3, -0.25) is 0 Å². The van der Waals surface area contributed by atoms with Crippen molar-refractivity contribution in [3.63, 3.8) is 0 Å². The van der Waals surface area contributed by atoms with Gasteiger partial charge in [0.2, 0.25) is 5.95 Å². The minimum Gasteiger partial charge on any atom is -0.378 e. The van der Waals surface area contributed by atoms with Crippen LogP contribution in [0.25, 0.3) is 0 Å². The molecule has 1 saturated heterocycles. The summed E-state index contributed by atoms with van der Waals surface area (Å²) in [6.45, 7) is 9.15. The molecule has 0 aliphatic carbocycles. The Bertz CT molecular complexity index is 1050. The fourth-order valence-electron chi connectivity index (χ4n) is 3.77. The van der Waals surface area contributed by atoms with E-state index in [1.807, 2.05) is 18.7 Å². The monoisotopic (exact) mass is 539 g/mol. The summed E-state index contributed by atoms with van der Waals surface area (Å²) < 4.78 is 47.9. The van der Waals surface area contributed by atoms with Gasteiger partial charge in [0.1, 0.15) is 30.1 Å². The fourth-order valence-corrected chi connectivity index (χ4v) is 3.77. The lowest BCUT2D eigenvalue weighted by Gasteiger charge is -2.39. The Morgan fingerprint density at radius 1 is 1.26 bits per heavy atom. The molecule has 1 fully saturated rings. The lowest BCUT2D eigenvalue weighted by molar-refractivity contribution is -0.172. The van der Waals surface area contributed by atoms with Crippen molar-refractivity contribution in [2.75, 3.05) is 68.1 Å². The third kappa shape index (κ3) is 9.33. The summed E-state index contributed by atoms with van der Waals surface area (Å²) in [4.78, 5) is 19.6. The maximum absolute atomic E-state index is 12.5. The zero-order valence-electron chi connectivity index (χ0n) is 22.2. The topological polar surface area (TPSA) is 133 Å². The van der Waals surface area contributed by atoms with Gasteiger partial charge in [0.15, 0.2) is 5.82 Å². The summed E-state index contributed by atoms with van der Waals surface area (Å²) in [5, 5.41) is 18.4. The molecule has 11 nitrogen and oxygen atoms in total. The van der Waals surface area contributed by atoms with Gasteiger partial charge in [-0.05, 0) is 25.8 Å². The molecule has 0 amide bonds. The molecule has 38 heavy (non-hydrogen) atoms. The average molecular weight is 540 g/mol. The van der Waals surface area contributed by atoms with Crippen LogP contribution in [0, 0.1) is 11.3 Å². The second kappa shape index (κ2) is 13.1. The van der Waals surface area contributed by atoms with Gasteiger partial charge < -0.3 is 35.7 Å². The first-order valence-corrected chi connectivity index (χ1v) is 12.4. The van der Waals surface area contributed by atoms with Crippen LogP contribution in [0.5, 0.6) is 0 Å². The Labute approximate surface area is 220 Å². The van der Waals surface area contributed by atoms with Crippen LogP contribution in [0.15, 0.2) is 18.6 Å². The van der Waals surface area contributed by atoms with Gasteiger partial charge in [-0.15, -0.1) is 0 Å². The molecular formula is C24H36F3N9O2. The van der Waals surface area contributed by atoms with Gasteiger partial charge in [-0.2, -0.15) is 18.2 Å². The zero-order valence-corrected chi connectivity index (χ0v) is 22.2. The predicted octanol–water partition coefficient (Wildman–Crippen LogP) is 3.23. The van der Waals surface area contributed by atoms with E-state index in [0.717, 1.165) is 6.54 Å². The molecule has 2 aromatic rings. The molecule has 0 aromatic carbocycles. The van der Waals surface area contributed by atoms with Crippen LogP contribution in [-0.2, 0) is 9.47 Å². The van der Waals surface area contributed by atoms with Crippen molar-refractivity contribution in [1.29, 1.82) is 5.41 Å². The SMILES string of the molecule is CC(C)COCC(=N)c1nc(N2CCNC(C)(C)C2)nc(Nc2ccncn2)c1NCCOCC(F)(F)F. The van der Waals surface area contributed by atoms with E-state index >= 15 is 0 Å². The molecule has 1 aliphatic rings. The first kappa shape index (κ1) is 29.5. The standard InChI is InChI=1S/C24H36F3N9O2/c1-16(2)11-38-12-17(28)19-20(30-8-10-37-14-24(25,26)27)21(33-18-5-6-29-15-31-18)35-22(34-19)36-9-7-32-23(3,4)13-36/h5-6,15-16,28,30,32H,7-14H2,1-4H3,(H,29,31,33,34,35). The van der Waals surface area contributed by atoms with Crippen molar-refractivity contribution >= 4 is 29.0 Å². The van der Waals surface area contributed by atoms with Gasteiger partial charge in [-0.25, -0.2) is 15.0 Å². The summed E-state index contributed by atoms with van der Waals surface area (Å²) in [5.74, 6) is 1.48. The van der Waals surface area contributed by atoms with Crippen LogP contribution in [0.2, 0.25) is 0 Å². The Balaban J connectivity index is 1.96. The van der Waals surface area contributed by atoms with Crippen molar-refractivity contribution in [2.45, 2.75) is 39.4 Å². The van der Waals surface area contributed by atoms with E-state index < -0.39 is 12.8 Å². The van der Waals surface area contributed by atoms with E-state index in [0.29, 0.717) is 43.0 Å². The average Bonchev–Trinajstić information content (AvgIpc) is 2.83. The summed E-state index contributed by atoms with van der Waals surface area (Å²) in [6, 6.07) is 1.66. The predicted molar refractivity (Wildman–Crippen MR) is 139 cm³/mol. The molecule has 0 atom stereocenters. The maximum Gasteiger partial charge on any atom is 0.411 e. The molecule has 0 unspecified atom stereocenters. The van der Waals surface area contributed by atoms with Crippen molar-refractivity contribution in [3.8, 4) is 0 Å². The molecule has 2 aromatic heterocycles. The Hall–Kier alpha value is -3.10. The number of piperazine rings is 1. The first-order valence-electron chi connectivity index (χ1n) is 12.4. The molecule has 0 radical (unpaired) electrons. The van der Waals surface area contributed by atoms with Gasteiger partial charge in [0.05, 0.1) is 18.9 Å². The highest BCUT2D eigenvalue weighted by atomic mass is 19.4. The van der Waals surface area contributed by atoms with Crippen LogP contribution >= 0.6 is 0 Å². The van der Waals surface area contributed by atoms with Crippen molar-refractivity contribution in [1.82, 2.24) is 25.3 Å². The van der Waals surface area contributed by atoms with Gasteiger partial charge in [0, 0.05) is 44.5 Å². The van der Waals surface area contributed by atoms with Crippen LogP contribution in [0.1, 0.15) is 33.4 Å². The molecule has 3 rings (SSSR count). The highest BCUT2D eigenvalue weighted by molar-refractivity contribution is 6.04. The molecule has 3 heterocycles. The van der Waals surface area contributed by atoms with Crippen molar-refractivity contribution in [2.24, 2.45) is 5.92 Å². The van der Waals surface area contributed by atoms with Gasteiger partial charge >= 0.3 is 6.18 Å². The summed E-state index contributed by atoms with van der Waals surface area (Å²) in [6.07, 6.45) is -1.47. The number of anilines is 4. The second-order valence-electron chi connectivity index (χ2n) is 10.0. The highest BCUT2D eigenvalue weighted by Gasteiger charge is 2.30. The molecule has 0 saturated carbocycles. The van der Waals surface area contributed by atoms with Gasteiger partial charge in [-0.1, -0.05) is 13.8 Å². The van der Waals surface area contributed by atoms with E-state index in [-0.39, 0.29) is 42.6 Å². The van der Waals surface area contributed by atoms with E-state index in [4.69, 9.17) is 24.9 Å². The molecular weight excluding hydrogens is 503 g/mol. The molecule has 210 valence electrons. The summed E-state index contributed by atoms with van der Waals surface area (Å²) >= 11 is 0. The summed E-state index contributed by atoms with van der Waals surface area (Å²) in [5.41, 5.74) is 0.550. The zero-order chi connectivity index (χ0) is 27.8. The van der Waals surface area contributed by atoms with Crippen molar-refractivity contribution in [3.05, 3.63) is 24.3 Å². The van der Waals surface area contributed by atoms with Crippen LogP contribution in [0.3, 0.4) is 0 Å². The largest absolute Gasteiger partial charge is 0.411 e. The second-order valence-corrected chi connectivity index (χ2v) is 10.0.